The van der Waals surface area contributed by atoms with Crippen LogP contribution in [0.15, 0.2) is 30.6 Å². The van der Waals surface area contributed by atoms with Gasteiger partial charge in [-0.25, -0.2) is 9.97 Å². The van der Waals surface area contributed by atoms with Crippen LogP contribution in [0.1, 0.15) is 38.3 Å². The molecule has 0 saturated heterocycles. The van der Waals surface area contributed by atoms with Crippen molar-refractivity contribution in [3.8, 4) is 0 Å². The number of aryl methyl sites for hydroxylation is 2. The van der Waals surface area contributed by atoms with Crippen molar-refractivity contribution in [3.63, 3.8) is 0 Å². The molecule has 4 nitrogen and oxygen atoms in total. The van der Waals surface area contributed by atoms with Gasteiger partial charge >= 0.3 is 0 Å². The van der Waals surface area contributed by atoms with Crippen LogP contribution in [0.2, 0.25) is 0 Å². The fraction of sp³-hybridized carbons (Fsp3) is 0.444. The summed E-state index contributed by atoms with van der Waals surface area (Å²) < 4.78 is 0. The predicted octanol–water partition coefficient (Wildman–Crippen LogP) is 4.55. The van der Waals surface area contributed by atoms with Gasteiger partial charge < -0.3 is 10.6 Å². The smallest absolute Gasteiger partial charge is 0.135 e. The molecule has 0 amide bonds. The van der Waals surface area contributed by atoms with Crippen molar-refractivity contribution in [1.29, 1.82) is 0 Å². The lowest BCUT2D eigenvalue weighted by Gasteiger charge is -2.14. The highest BCUT2D eigenvalue weighted by molar-refractivity contribution is 5.66. The van der Waals surface area contributed by atoms with Gasteiger partial charge in [0.15, 0.2) is 0 Å². The molecular formula is C18H26N4. The van der Waals surface area contributed by atoms with Gasteiger partial charge in [-0.15, -0.1) is 0 Å². The van der Waals surface area contributed by atoms with Crippen LogP contribution in [0.3, 0.4) is 0 Å². The van der Waals surface area contributed by atoms with E-state index in [1.54, 1.807) is 6.33 Å². The summed E-state index contributed by atoms with van der Waals surface area (Å²) in [5.41, 5.74) is 3.68. The lowest BCUT2D eigenvalue weighted by Crippen LogP contribution is -2.07. The van der Waals surface area contributed by atoms with Crippen molar-refractivity contribution in [2.24, 2.45) is 5.92 Å². The van der Waals surface area contributed by atoms with Gasteiger partial charge in [-0.3, -0.25) is 0 Å². The lowest BCUT2D eigenvalue weighted by molar-refractivity contribution is 0.606. The highest BCUT2D eigenvalue weighted by Crippen LogP contribution is 2.25. The molecule has 0 aliphatic heterocycles. The lowest BCUT2D eigenvalue weighted by atomic mass is 10.1. The number of para-hydroxylation sites is 1. The van der Waals surface area contributed by atoms with Crippen LogP contribution in [0, 0.1) is 12.8 Å². The predicted molar refractivity (Wildman–Crippen MR) is 93.8 cm³/mol. The monoisotopic (exact) mass is 298 g/mol. The fourth-order valence-corrected chi connectivity index (χ4v) is 2.34. The Hall–Kier alpha value is -2.10. The van der Waals surface area contributed by atoms with Crippen LogP contribution in [0.5, 0.6) is 0 Å². The van der Waals surface area contributed by atoms with E-state index in [2.05, 4.69) is 66.5 Å². The number of nitrogens with zero attached hydrogens (tertiary/aromatic N) is 2. The highest BCUT2D eigenvalue weighted by Gasteiger charge is 2.06. The van der Waals surface area contributed by atoms with Gasteiger partial charge in [0.05, 0.1) is 0 Å². The molecule has 1 heterocycles. The molecule has 2 N–H and O–H groups in total. The first-order valence-corrected chi connectivity index (χ1v) is 8.01. The Bertz CT molecular complexity index is 608. The summed E-state index contributed by atoms with van der Waals surface area (Å²) in [5, 5.41) is 6.79. The van der Waals surface area contributed by atoms with Gasteiger partial charge in [-0.1, -0.05) is 39.0 Å². The van der Waals surface area contributed by atoms with Crippen molar-refractivity contribution in [2.75, 3.05) is 17.2 Å². The molecule has 0 spiro atoms. The van der Waals surface area contributed by atoms with Crippen molar-refractivity contribution >= 4 is 17.3 Å². The number of anilines is 3. The number of nitrogens with one attached hydrogen (secondary N) is 2. The first-order chi connectivity index (χ1) is 10.6. The highest BCUT2D eigenvalue weighted by atomic mass is 15.1. The summed E-state index contributed by atoms with van der Waals surface area (Å²) in [6.45, 7) is 9.65. The van der Waals surface area contributed by atoms with Gasteiger partial charge in [0.25, 0.3) is 0 Å². The molecule has 2 aromatic rings. The molecule has 1 aromatic carbocycles. The summed E-state index contributed by atoms with van der Waals surface area (Å²) in [5.74, 6) is 2.38. The van der Waals surface area contributed by atoms with E-state index < -0.39 is 0 Å². The Balaban J connectivity index is 2.10. The first kappa shape index (κ1) is 16.3. The number of hydrogen-bond acceptors (Lipinski definition) is 4. The summed E-state index contributed by atoms with van der Waals surface area (Å²) in [7, 11) is 0. The number of rotatable bonds is 7. The zero-order chi connectivity index (χ0) is 15.9. The second-order valence-electron chi connectivity index (χ2n) is 5.99. The minimum Gasteiger partial charge on any atom is -0.370 e. The van der Waals surface area contributed by atoms with Crippen molar-refractivity contribution in [2.45, 2.75) is 40.5 Å². The summed E-state index contributed by atoms with van der Waals surface area (Å²) in [6.07, 6.45) is 3.73. The average Bonchev–Trinajstić information content (AvgIpc) is 2.49. The quantitative estimate of drug-likeness (QED) is 0.787. The van der Waals surface area contributed by atoms with Crippen LogP contribution in [0.25, 0.3) is 0 Å². The van der Waals surface area contributed by atoms with Gasteiger partial charge in [0, 0.05) is 18.3 Å². The average molecular weight is 298 g/mol. The van der Waals surface area contributed by atoms with E-state index in [-0.39, 0.29) is 0 Å². The Kier molecular flexibility index (Phi) is 5.75. The summed E-state index contributed by atoms with van der Waals surface area (Å²) in [6, 6.07) is 8.33. The maximum absolute atomic E-state index is 4.33. The molecule has 0 fully saturated rings. The number of hydrogen-bond donors (Lipinski definition) is 2. The molecule has 0 aliphatic rings. The third-order valence-electron chi connectivity index (χ3n) is 3.69. The Morgan fingerprint density at radius 3 is 2.64 bits per heavy atom. The topological polar surface area (TPSA) is 49.8 Å². The third-order valence-corrected chi connectivity index (χ3v) is 3.69. The second-order valence-corrected chi connectivity index (χ2v) is 5.99. The third kappa shape index (κ3) is 4.45. The maximum atomic E-state index is 4.33. The second kappa shape index (κ2) is 7.78. The normalized spacial score (nSPS) is 10.8. The van der Waals surface area contributed by atoms with Gasteiger partial charge in [0.1, 0.15) is 18.0 Å². The minimum atomic E-state index is 0.686. The fourth-order valence-electron chi connectivity index (χ4n) is 2.34. The zero-order valence-corrected chi connectivity index (χ0v) is 14.0. The van der Waals surface area contributed by atoms with Gasteiger partial charge in [0.2, 0.25) is 0 Å². The zero-order valence-electron chi connectivity index (χ0n) is 14.0. The van der Waals surface area contributed by atoms with Crippen LogP contribution >= 0.6 is 0 Å². The molecular weight excluding hydrogens is 272 g/mol. The van der Waals surface area contributed by atoms with Crippen molar-refractivity contribution in [1.82, 2.24) is 9.97 Å². The summed E-state index contributed by atoms with van der Waals surface area (Å²) in [4.78, 5) is 8.61. The molecule has 1 aromatic heterocycles. The Morgan fingerprint density at radius 2 is 1.91 bits per heavy atom. The van der Waals surface area contributed by atoms with E-state index in [0.717, 1.165) is 36.7 Å². The molecule has 22 heavy (non-hydrogen) atoms. The van der Waals surface area contributed by atoms with Crippen molar-refractivity contribution < 1.29 is 0 Å². The van der Waals surface area contributed by atoms with Crippen LogP contribution in [-0.4, -0.2) is 16.5 Å². The molecule has 0 atom stereocenters. The molecule has 4 heteroatoms. The van der Waals surface area contributed by atoms with Crippen LogP contribution < -0.4 is 10.6 Å². The number of aromatic nitrogens is 2. The van der Waals surface area contributed by atoms with E-state index >= 15 is 0 Å². The molecule has 0 bridgehead atoms. The standard InChI is InChI=1S/C18H26N4/c1-5-15-8-6-7-14(4)18(15)22-17-11-16(20-12-21-17)19-10-9-13(2)3/h6-8,11-13H,5,9-10H2,1-4H3,(H2,19,20,21,22). The minimum absolute atomic E-state index is 0.686. The largest absolute Gasteiger partial charge is 0.370 e. The van der Waals surface area contributed by atoms with E-state index in [1.807, 2.05) is 6.07 Å². The first-order valence-electron chi connectivity index (χ1n) is 8.01. The molecule has 118 valence electrons. The van der Waals surface area contributed by atoms with E-state index in [0.29, 0.717) is 5.92 Å². The van der Waals surface area contributed by atoms with E-state index in [1.165, 1.54) is 11.1 Å². The van der Waals surface area contributed by atoms with Crippen LogP contribution in [-0.2, 0) is 6.42 Å². The molecule has 0 radical (unpaired) electrons. The molecule has 0 aliphatic carbocycles. The number of benzene rings is 1. The van der Waals surface area contributed by atoms with Crippen molar-refractivity contribution in [3.05, 3.63) is 41.7 Å². The Morgan fingerprint density at radius 1 is 1.14 bits per heavy atom. The molecule has 0 saturated carbocycles. The van der Waals surface area contributed by atoms with Gasteiger partial charge in [-0.2, -0.15) is 0 Å². The van der Waals surface area contributed by atoms with Gasteiger partial charge in [-0.05, 0) is 36.8 Å². The maximum Gasteiger partial charge on any atom is 0.135 e. The van der Waals surface area contributed by atoms with E-state index in [4.69, 9.17) is 0 Å². The molecule has 2 rings (SSSR count). The van der Waals surface area contributed by atoms with Crippen LogP contribution in [0.4, 0.5) is 17.3 Å². The molecule has 0 unspecified atom stereocenters. The summed E-state index contributed by atoms with van der Waals surface area (Å²) >= 11 is 0. The van der Waals surface area contributed by atoms with E-state index in [9.17, 15) is 0 Å². The Labute approximate surface area is 133 Å². The SMILES string of the molecule is CCc1cccc(C)c1Nc1cc(NCCC(C)C)ncn1.